The Labute approximate surface area is 165 Å². The highest BCUT2D eigenvalue weighted by Crippen LogP contribution is 2.04. The second-order valence-electron chi connectivity index (χ2n) is 6.86. The van der Waals surface area contributed by atoms with Crippen LogP contribution in [0.2, 0.25) is 0 Å². The minimum Gasteiger partial charge on any atom is -0.461 e. The molecule has 0 aliphatic rings. The molecular formula is C20H29N3O5. The van der Waals surface area contributed by atoms with Gasteiger partial charge in [-0.05, 0) is 39.2 Å². The summed E-state index contributed by atoms with van der Waals surface area (Å²) >= 11 is 0. The number of nitrogens with two attached hydrogens (primary N) is 1. The van der Waals surface area contributed by atoms with Crippen molar-refractivity contribution in [1.82, 2.24) is 10.6 Å². The van der Waals surface area contributed by atoms with Crippen LogP contribution >= 0.6 is 0 Å². The van der Waals surface area contributed by atoms with Gasteiger partial charge < -0.3 is 25.9 Å². The van der Waals surface area contributed by atoms with E-state index >= 15 is 0 Å². The smallest absolute Gasteiger partial charge is 0.328 e. The van der Waals surface area contributed by atoms with Gasteiger partial charge in [0.2, 0.25) is 11.8 Å². The number of hydrogen-bond donors (Lipinski definition) is 3. The summed E-state index contributed by atoms with van der Waals surface area (Å²) in [6.45, 7) is 4.46. The first kappa shape index (κ1) is 23.3. The minimum absolute atomic E-state index is 0.100. The lowest BCUT2D eigenvalue weighted by atomic mass is 10.1. The van der Waals surface area contributed by atoms with Crippen LogP contribution in [-0.2, 0) is 30.3 Å². The maximum Gasteiger partial charge on any atom is 0.328 e. The topological polar surface area (TPSA) is 128 Å². The maximum atomic E-state index is 12.1. The van der Waals surface area contributed by atoms with Gasteiger partial charge in [0, 0.05) is 6.42 Å². The van der Waals surface area contributed by atoms with Crippen LogP contribution in [0.3, 0.4) is 0 Å². The van der Waals surface area contributed by atoms with Gasteiger partial charge in [0.25, 0.3) is 0 Å². The van der Waals surface area contributed by atoms with Crippen molar-refractivity contribution in [1.29, 1.82) is 0 Å². The standard InChI is InChI=1S/C20H29N3O5/c1-13(2)28-20(27)17(10-9-14(3)24)23-18(25)12-22-19(26)16(21)11-15-7-5-4-6-8-15/h4-8,13,16-17H,9-12,21H2,1-3H3,(H,22,26)(H,23,25). The maximum absolute atomic E-state index is 12.1. The van der Waals surface area contributed by atoms with E-state index in [-0.39, 0.29) is 31.3 Å². The van der Waals surface area contributed by atoms with Crippen molar-refractivity contribution >= 4 is 23.6 Å². The zero-order valence-electron chi connectivity index (χ0n) is 16.6. The first-order chi connectivity index (χ1) is 13.2. The molecule has 1 aromatic rings. The van der Waals surface area contributed by atoms with Crippen LogP contribution in [0.1, 0.15) is 39.2 Å². The summed E-state index contributed by atoms with van der Waals surface area (Å²) in [5, 5.41) is 4.96. The molecule has 0 aliphatic heterocycles. The number of nitrogens with one attached hydrogen (secondary N) is 2. The molecule has 8 heteroatoms. The number of hydrogen-bond acceptors (Lipinski definition) is 6. The number of ether oxygens (including phenoxy) is 1. The van der Waals surface area contributed by atoms with Crippen molar-refractivity contribution in [2.24, 2.45) is 5.73 Å². The summed E-state index contributed by atoms with van der Waals surface area (Å²) in [4.78, 5) is 47.5. The Bertz CT molecular complexity index is 676. The van der Waals surface area contributed by atoms with E-state index < -0.39 is 29.9 Å². The molecule has 4 N–H and O–H groups in total. The van der Waals surface area contributed by atoms with Gasteiger partial charge in [0.05, 0.1) is 18.7 Å². The molecule has 0 saturated carbocycles. The van der Waals surface area contributed by atoms with Gasteiger partial charge in [0.1, 0.15) is 11.8 Å². The number of amides is 2. The first-order valence-electron chi connectivity index (χ1n) is 9.25. The third-order valence-electron chi connectivity index (χ3n) is 3.82. The summed E-state index contributed by atoms with van der Waals surface area (Å²) in [6, 6.07) is 7.55. The van der Waals surface area contributed by atoms with Crippen molar-refractivity contribution in [3.8, 4) is 0 Å². The van der Waals surface area contributed by atoms with Gasteiger partial charge in [-0.2, -0.15) is 0 Å². The molecule has 0 spiro atoms. The normalized spacial score (nSPS) is 12.8. The zero-order chi connectivity index (χ0) is 21.1. The summed E-state index contributed by atoms with van der Waals surface area (Å²) in [5.74, 6) is -1.74. The third-order valence-corrected chi connectivity index (χ3v) is 3.82. The molecule has 0 saturated heterocycles. The number of carbonyl (C=O) groups excluding carboxylic acids is 4. The lowest BCUT2D eigenvalue weighted by Crippen LogP contribution is -2.49. The number of carbonyl (C=O) groups is 4. The molecular weight excluding hydrogens is 362 g/mol. The predicted octanol–water partition coefficient (Wildman–Crippen LogP) is 0.478. The van der Waals surface area contributed by atoms with E-state index in [1.54, 1.807) is 13.8 Å². The molecule has 1 rings (SSSR count). The number of rotatable bonds is 11. The monoisotopic (exact) mass is 391 g/mol. The minimum atomic E-state index is -0.950. The molecule has 1 aromatic carbocycles. The van der Waals surface area contributed by atoms with E-state index in [2.05, 4.69) is 10.6 Å². The highest BCUT2D eigenvalue weighted by Gasteiger charge is 2.24. The average molecular weight is 391 g/mol. The molecule has 0 aliphatic carbocycles. The van der Waals surface area contributed by atoms with Crippen LogP contribution in [0.15, 0.2) is 30.3 Å². The van der Waals surface area contributed by atoms with Gasteiger partial charge in [-0.3, -0.25) is 9.59 Å². The number of Topliss-reactive ketones (excluding diaryl/α,β-unsaturated/α-hetero) is 1. The van der Waals surface area contributed by atoms with E-state index in [0.717, 1.165) is 5.56 Å². The van der Waals surface area contributed by atoms with E-state index in [9.17, 15) is 19.2 Å². The van der Waals surface area contributed by atoms with E-state index in [1.165, 1.54) is 6.92 Å². The van der Waals surface area contributed by atoms with Gasteiger partial charge in [-0.1, -0.05) is 30.3 Å². The summed E-state index contributed by atoms with van der Waals surface area (Å²) in [5.41, 5.74) is 6.78. The van der Waals surface area contributed by atoms with Gasteiger partial charge in [-0.25, -0.2) is 4.79 Å². The van der Waals surface area contributed by atoms with Crippen LogP contribution in [-0.4, -0.2) is 48.3 Å². The van der Waals surface area contributed by atoms with E-state index in [4.69, 9.17) is 10.5 Å². The predicted molar refractivity (Wildman–Crippen MR) is 104 cm³/mol. The van der Waals surface area contributed by atoms with Gasteiger partial charge in [0.15, 0.2) is 0 Å². The number of ketones is 1. The van der Waals surface area contributed by atoms with Crippen LogP contribution in [0.4, 0.5) is 0 Å². The fourth-order valence-corrected chi connectivity index (χ4v) is 2.42. The average Bonchev–Trinajstić information content (AvgIpc) is 2.63. The highest BCUT2D eigenvalue weighted by atomic mass is 16.5. The summed E-state index contributed by atoms with van der Waals surface area (Å²) in [7, 11) is 0. The molecule has 0 aromatic heterocycles. The fraction of sp³-hybridized carbons (Fsp3) is 0.500. The number of benzene rings is 1. The molecule has 2 atom stereocenters. The summed E-state index contributed by atoms with van der Waals surface area (Å²) in [6.07, 6.45) is 0.261. The molecule has 28 heavy (non-hydrogen) atoms. The molecule has 0 fully saturated rings. The Hall–Kier alpha value is -2.74. The van der Waals surface area contributed by atoms with Crippen molar-refractivity contribution in [2.75, 3.05) is 6.54 Å². The molecule has 2 unspecified atom stereocenters. The SMILES string of the molecule is CC(=O)CCC(NC(=O)CNC(=O)C(N)Cc1ccccc1)C(=O)OC(C)C. The van der Waals surface area contributed by atoms with Crippen molar-refractivity contribution in [3.05, 3.63) is 35.9 Å². The van der Waals surface area contributed by atoms with Crippen LogP contribution in [0.25, 0.3) is 0 Å². The molecule has 154 valence electrons. The largest absolute Gasteiger partial charge is 0.461 e. The Morgan fingerprint density at radius 3 is 2.32 bits per heavy atom. The Morgan fingerprint density at radius 2 is 1.75 bits per heavy atom. The van der Waals surface area contributed by atoms with Crippen LogP contribution in [0, 0.1) is 0 Å². The molecule has 0 radical (unpaired) electrons. The third kappa shape index (κ3) is 9.27. The summed E-state index contributed by atoms with van der Waals surface area (Å²) < 4.78 is 5.10. The Kier molecular flexibility index (Phi) is 9.87. The fourth-order valence-electron chi connectivity index (χ4n) is 2.42. The Morgan fingerprint density at radius 1 is 1.11 bits per heavy atom. The zero-order valence-corrected chi connectivity index (χ0v) is 16.6. The molecule has 2 amide bonds. The van der Waals surface area contributed by atoms with Gasteiger partial charge in [-0.15, -0.1) is 0 Å². The molecule has 0 bridgehead atoms. The van der Waals surface area contributed by atoms with E-state index in [1.807, 2.05) is 30.3 Å². The van der Waals surface area contributed by atoms with E-state index in [0.29, 0.717) is 6.42 Å². The molecule has 0 heterocycles. The van der Waals surface area contributed by atoms with Crippen LogP contribution < -0.4 is 16.4 Å². The quantitative estimate of drug-likeness (QED) is 0.471. The second-order valence-corrected chi connectivity index (χ2v) is 6.86. The molecule has 8 nitrogen and oxygen atoms in total. The second kappa shape index (κ2) is 11.9. The lowest BCUT2D eigenvalue weighted by molar-refractivity contribution is -0.151. The number of esters is 1. The van der Waals surface area contributed by atoms with Crippen molar-refractivity contribution < 1.29 is 23.9 Å². The first-order valence-corrected chi connectivity index (χ1v) is 9.25. The van der Waals surface area contributed by atoms with Gasteiger partial charge >= 0.3 is 5.97 Å². The van der Waals surface area contributed by atoms with Crippen molar-refractivity contribution in [2.45, 2.75) is 58.2 Å². The highest BCUT2D eigenvalue weighted by molar-refractivity contribution is 5.90. The Balaban J connectivity index is 2.52. The van der Waals surface area contributed by atoms with Crippen LogP contribution in [0.5, 0.6) is 0 Å². The van der Waals surface area contributed by atoms with Crippen molar-refractivity contribution in [3.63, 3.8) is 0 Å². The lowest BCUT2D eigenvalue weighted by Gasteiger charge is -2.19.